The monoisotopic (exact) mass is 306 g/mol. The largest absolute Gasteiger partial charge is 0.283 e. The van der Waals surface area contributed by atoms with E-state index in [4.69, 9.17) is 11.6 Å². The molecule has 106 valence electrons. The van der Waals surface area contributed by atoms with Crippen LogP contribution in [0, 0.1) is 10.1 Å². The lowest BCUT2D eigenvalue weighted by Gasteiger charge is -2.08. The first-order valence-corrected chi connectivity index (χ1v) is 7.92. The number of hydrogen-bond acceptors (Lipinski definition) is 4. The van der Waals surface area contributed by atoms with Gasteiger partial charge in [-0.15, -0.1) is 11.6 Å². The van der Waals surface area contributed by atoms with Gasteiger partial charge in [0.15, 0.2) is 0 Å². The van der Waals surface area contributed by atoms with Crippen LogP contribution in [-0.2, 0) is 16.4 Å². The van der Waals surface area contributed by atoms with Crippen LogP contribution in [0.5, 0.6) is 0 Å². The summed E-state index contributed by atoms with van der Waals surface area (Å²) in [5.74, 6) is 0.135. The maximum Gasteiger partial charge on any atom is 0.274 e. The second-order valence-electron chi connectivity index (χ2n) is 3.92. The lowest BCUT2D eigenvalue weighted by Crippen LogP contribution is -2.17. The van der Waals surface area contributed by atoms with Crippen molar-refractivity contribution < 1.29 is 13.3 Å². The predicted molar refractivity (Wildman–Crippen MR) is 75.2 cm³/mol. The molecule has 0 unspecified atom stereocenters. The third-order valence-electron chi connectivity index (χ3n) is 2.48. The third kappa shape index (κ3) is 4.68. The van der Waals surface area contributed by atoms with Gasteiger partial charge >= 0.3 is 0 Å². The van der Waals surface area contributed by atoms with Gasteiger partial charge in [-0.1, -0.05) is 13.0 Å². The molecule has 0 amide bonds. The number of benzene rings is 1. The Morgan fingerprint density at radius 1 is 1.42 bits per heavy atom. The molecule has 0 aliphatic rings. The summed E-state index contributed by atoms with van der Waals surface area (Å²) >= 11 is 5.44. The molecule has 0 spiro atoms. The van der Waals surface area contributed by atoms with E-state index < -0.39 is 14.9 Å². The standard InChI is InChI=1S/C11H15ClN2O4S/c1-2-9-4-5-10(8-11(9)14(15)16)13-19(17,18)7-3-6-12/h4-5,8,13H,2-3,6-7H2,1H3. The summed E-state index contributed by atoms with van der Waals surface area (Å²) in [5, 5.41) is 10.9. The van der Waals surface area contributed by atoms with E-state index in [0.29, 0.717) is 18.4 Å². The molecule has 0 aliphatic heterocycles. The van der Waals surface area contributed by atoms with Gasteiger partial charge in [0.25, 0.3) is 5.69 Å². The van der Waals surface area contributed by atoms with Crippen molar-refractivity contribution in [3.63, 3.8) is 0 Å². The van der Waals surface area contributed by atoms with Gasteiger partial charge in [0.05, 0.1) is 16.4 Å². The molecule has 19 heavy (non-hydrogen) atoms. The summed E-state index contributed by atoms with van der Waals surface area (Å²) < 4.78 is 25.6. The van der Waals surface area contributed by atoms with Crippen molar-refractivity contribution >= 4 is 33.0 Å². The molecule has 1 aromatic carbocycles. The number of nitro groups is 1. The summed E-state index contributed by atoms with van der Waals surface area (Å²) in [6.07, 6.45) is 0.835. The number of anilines is 1. The number of aryl methyl sites for hydroxylation is 1. The average molecular weight is 307 g/mol. The zero-order valence-corrected chi connectivity index (χ0v) is 12.0. The Kier molecular flexibility index (Phi) is 5.56. The highest BCUT2D eigenvalue weighted by molar-refractivity contribution is 7.92. The van der Waals surface area contributed by atoms with Gasteiger partial charge < -0.3 is 0 Å². The zero-order valence-electron chi connectivity index (χ0n) is 10.4. The molecule has 0 atom stereocenters. The number of sulfonamides is 1. The van der Waals surface area contributed by atoms with Gasteiger partial charge in [0, 0.05) is 17.5 Å². The van der Waals surface area contributed by atoms with Gasteiger partial charge in [-0.05, 0) is 18.9 Å². The molecule has 0 fully saturated rings. The molecule has 1 aromatic rings. The van der Waals surface area contributed by atoms with Crippen LogP contribution in [0.15, 0.2) is 18.2 Å². The lowest BCUT2D eigenvalue weighted by atomic mass is 10.1. The van der Waals surface area contributed by atoms with E-state index in [1.807, 2.05) is 0 Å². The normalized spacial score (nSPS) is 11.3. The van der Waals surface area contributed by atoms with E-state index in [1.54, 1.807) is 13.0 Å². The van der Waals surface area contributed by atoms with Crippen LogP contribution in [-0.4, -0.2) is 25.0 Å². The summed E-state index contributed by atoms with van der Waals surface area (Å²) in [4.78, 5) is 10.4. The van der Waals surface area contributed by atoms with Crippen LogP contribution in [0.3, 0.4) is 0 Å². The van der Waals surface area contributed by atoms with Crippen molar-refractivity contribution in [3.05, 3.63) is 33.9 Å². The summed E-state index contributed by atoms with van der Waals surface area (Å²) in [6, 6.07) is 4.30. The van der Waals surface area contributed by atoms with E-state index >= 15 is 0 Å². The van der Waals surface area contributed by atoms with Crippen molar-refractivity contribution in [2.45, 2.75) is 19.8 Å². The molecule has 1 N–H and O–H groups in total. The zero-order chi connectivity index (χ0) is 14.5. The highest BCUT2D eigenvalue weighted by Gasteiger charge is 2.16. The maximum absolute atomic E-state index is 11.7. The van der Waals surface area contributed by atoms with Gasteiger partial charge in [0.2, 0.25) is 10.0 Å². The molecule has 0 aliphatic carbocycles. The van der Waals surface area contributed by atoms with Crippen LogP contribution >= 0.6 is 11.6 Å². The van der Waals surface area contributed by atoms with Crippen molar-refractivity contribution in [1.29, 1.82) is 0 Å². The summed E-state index contributed by atoms with van der Waals surface area (Å²) in [7, 11) is -3.52. The Hall–Kier alpha value is -1.34. The summed E-state index contributed by atoms with van der Waals surface area (Å²) in [5.41, 5.74) is 0.673. The number of halogens is 1. The number of nitrogens with zero attached hydrogens (tertiary/aromatic N) is 1. The Bertz CT molecular complexity index is 560. The molecule has 0 radical (unpaired) electrons. The highest BCUT2D eigenvalue weighted by atomic mass is 35.5. The van der Waals surface area contributed by atoms with Crippen LogP contribution in [0.25, 0.3) is 0 Å². The number of rotatable bonds is 7. The quantitative estimate of drug-likeness (QED) is 0.476. The minimum absolute atomic E-state index is 0.0833. The van der Waals surface area contributed by atoms with E-state index in [0.717, 1.165) is 0 Å². The molecule has 8 heteroatoms. The second-order valence-corrected chi connectivity index (χ2v) is 6.14. The second kappa shape index (κ2) is 6.72. The highest BCUT2D eigenvalue weighted by Crippen LogP contribution is 2.24. The fraction of sp³-hybridized carbons (Fsp3) is 0.455. The Balaban J connectivity index is 2.97. The number of nitrogens with one attached hydrogen (secondary N) is 1. The molecule has 0 heterocycles. The molecular formula is C11H15ClN2O4S. The van der Waals surface area contributed by atoms with Crippen LogP contribution in [0.1, 0.15) is 18.9 Å². The molecule has 6 nitrogen and oxygen atoms in total. The fourth-order valence-electron chi connectivity index (χ4n) is 1.57. The molecular weight excluding hydrogens is 292 g/mol. The molecule has 1 rings (SSSR count). The smallest absolute Gasteiger partial charge is 0.274 e. The first kappa shape index (κ1) is 15.7. The van der Waals surface area contributed by atoms with Gasteiger partial charge in [-0.2, -0.15) is 0 Å². The van der Waals surface area contributed by atoms with Crippen LogP contribution in [0.4, 0.5) is 11.4 Å². The van der Waals surface area contributed by atoms with E-state index in [9.17, 15) is 18.5 Å². The Morgan fingerprint density at radius 2 is 2.11 bits per heavy atom. The van der Waals surface area contributed by atoms with Crippen molar-refractivity contribution in [2.75, 3.05) is 16.4 Å². The van der Waals surface area contributed by atoms with Crippen LogP contribution < -0.4 is 4.72 Å². The number of alkyl halides is 1. The van der Waals surface area contributed by atoms with Crippen molar-refractivity contribution in [3.8, 4) is 0 Å². The van der Waals surface area contributed by atoms with E-state index in [-0.39, 0.29) is 23.0 Å². The average Bonchev–Trinajstić information content (AvgIpc) is 2.36. The Morgan fingerprint density at radius 3 is 2.63 bits per heavy atom. The Labute approximate surface area is 117 Å². The number of hydrogen-bond donors (Lipinski definition) is 1. The van der Waals surface area contributed by atoms with Gasteiger partial charge in [-0.25, -0.2) is 8.42 Å². The van der Waals surface area contributed by atoms with Crippen molar-refractivity contribution in [2.24, 2.45) is 0 Å². The first-order valence-electron chi connectivity index (χ1n) is 5.73. The minimum atomic E-state index is -3.52. The molecule has 0 bridgehead atoms. The van der Waals surface area contributed by atoms with Gasteiger partial charge in [-0.3, -0.25) is 14.8 Å². The first-order chi connectivity index (χ1) is 8.89. The van der Waals surface area contributed by atoms with Gasteiger partial charge in [0.1, 0.15) is 0 Å². The summed E-state index contributed by atoms with van der Waals surface area (Å²) in [6.45, 7) is 1.80. The fourth-order valence-corrected chi connectivity index (χ4v) is 2.98. The molecule has 0 aromatic heterocycles. The van der Waals surface area contributed by atoms with E-state index in [2.05, 4.69) is 4.72 Å². The van der Waals surface area contributed by atoms with E-state index in [1.165, 1.54) is 12.1 Å². The van der Waals surface area contributed by atoms with Crippen LogP contribution in [0.2, 0.25) is 0 Å². The predicted octanol–water partition coefficient (Wildman–Crippen LogP) is 2.53. The lowest BCUT2D eigenvalue weighted by molar-refractivity contribution is -0.385. The maximum atomic E-state index is 11.7. The molecule has 0 saturated heterocycles. The topological polar surface area (TPSA) is 89.3 Å². The SMILES string of the molecule is CCc1ccc(NS(=O)(=O)CCCCl)cc1[N+](=O)[O-]. The minimum Gasteiger partial charge on any atom is -0.283 e. The number of nitro benzene ring substituents is 1. The molecule has 0 saturated carbocycles. The van der Waals surface area contributed by atoms with Crippen molar-refractivity contribution in [1.82, 2.24) is 0 Å². The third-order valence-corrected chi connectivity index (χ3v) is 4.12.